The van der Waals surface area contributed by atoms with Crippen LogP contribution < -0.4 is 26.2 Å². The zero-order valence-corrected chi connectivity index (χ0v) is 19.1. The molecule has 0 atom stereocenters. The monoisotopic (exact) mass is 471 g/mol. The molecule has 0 bridgehead atoms. The Kier molecular flexibility index (Phi) is 6.54. The summed E-state index contributed by atoms with van der Waals surface area (Å²) < 4.78 is 0. The Morgan fingerprint density at radius 1 is 1.28 bits per heavy atom. The first-order valence-electron chi connectivity index (χ1n) is 10.00. The third-order valence-electron chi connectivity index (χ3n) is 4.94. The topological polar surface area (TPSA) is 111 Å². The van der Waals surface area contributed by atoms with Crippen molar-refractivity contribution in [1.29, 1.82) is 0 Å². The molecule has 32 heavy (non-hydrogen) atoms. The van der Waals surface area contributed by atoms with Gasteiger partial charge in [-0.1, -0.05) is 17.7 Å². The molecule has 0 radical (unpaired) electrons. The largest absolute Gasteiger partial charge is 0.354 e. The van der Waals surface area contributed by atoms with Gasteiger partial charge < -0.3 is 26.2 Å². The van der Waals surface area contributed by atoms with Crippen LogP contribution in [0.5, 0.6) is 0 Å². The third kappa shape index (κ3) is 4.52. The second kappa shape index (κ2) is 9.51. The van der Waals surface area contributed by atoms with E-state index in [4.69, 9.17) is 11.6 Å². The van der Waals surface area contributed by atoms with Gasteiger partial charge in [0.15, 0.2) is 5.82 Å². The van der Waals surface area contributed by atoms with Gasteiger partial charge in [0, 0.05) is 25.8 Å². The molecule has 0 aliphatic carbocycles. The molecular weight excluding hydrogens is 450 g/mol. The number of aromatic nitrogens is 2. The highest BCUT2D eigenvalue weighted by Crippen LogP contribution is 2.31. The first kappa shape index (κ1) is 22.0. The van der Waals surface area contributed by atoms with E-state index in [0.717, 1.165) is 16.9 Å². The molecule has 3 heterocycles. The zero-order chi connectivity index (χ0) is 22.7. The molecule has 4 rings (SSSR count). The van der Waals surface area contributed by atoms with Crippen LogP contribution >= 0.6 is 22.9 Å². The number of benzene rings is 1. The Bertz CT molecular complexity index is 1170. The quantitative estimate of drug-likeness (QED) is 0.435. The van der Waals surface area contributed by atoms with E-state index in [-0.39, 0.29) is 11.8 Å². The zero-order valence-electron chi connectivity index (χ0n) is 17.5. The van der Waals surface area contributed by atoms with Gasteiger partial charge in [0.2, 0.25) is 11.9 Å². The summed E-state index contributed by atoms with van der Waals surface area (Å²) in [6.45, 7) is 3.46. The molecular formula is C21H22ClN7O2S. The fraction of sp³-hybridized carbons (Fsp3) is 0.238. The van der Waals surface area contributed by atoms with E-state index < -0.39 is 0 Å². The average Bonchev–Trinajstić information content (AvgIpc) is 3.19. The molecule has 1 aromatic carbocycles. The summed E-state index contributed by atoms with van der Waals surface area (Å²) in [5.74, 6) is 0.535. The van der Waals surface area contributed by atoms with Crippen LogP contribution in [0.25, 0.3) is 0 Å². The van der Waals surface area contributed by atoms with Gasteiger partial charge in [0.25, 0.3) is 5.91 Å². The van der Waals surface area contributed by atoms with Crippen molar-refractivity contribution in [2.24, 2.45) is 0 Å². The van der Waals surface area contributed by atoms with Crippen molar-refractivity contribution in [2.75, 3.05) is 35.7 Å². The molecule has 0 unspecified atom stereocenters. The highest BCUT2D eigenvalue weighted by atomic mass is 35.5. The van der Waals surface area contributed by atoms with Crippen LogP contribution in [0.1, 0.15) is 22.2 Å². The van der Waals surface area contributed by atoms with Crippen LogP contribution in [0.2, 0.25) is 5.02 Å². The van der Waals surface area contributed by atoms with Crippen LogP contribution in [-0.4, -0.2) is 41.9 Å². The lowest BCUT2D eigenvalue weighted by atomic mass is 10.1. The van der Waals surface area contributed by atoms with E-state index in [0.29, 0.717) is 47.0 Å². The Morgan fingerprint density at radius 2 is 2.12 bits per heavy atom. The number of thiophene rings is 1. The molecule has 3 aromatic rings. The molecule has 11 heteroatoms. The molecule has 2 aromatic heterocycles. The number of rotatable bonds is 6. The van der Waals surface area contributed by atoms with Crippen molar-refractivity contribution in [2.45, 2.75) is 13.5 Å². The summed E-state index contributed by atoms with van der Waals surface area (Å²) in [6.07, 6.45) is 1.49. The third-order valence-corrected chi connectivity index (χ3v) is 6.13. The number of fused-ring (bicyclic) bond motifs is 1. The molecule has 9 nitrogen and oxygen atoms in total. The predicted molar refractivity (Wildman–Crippen MR) is 127 cm³/mol. The summed E-state index contributed by atoms with van der Waals surface area (Å²) in [5.41, 5.74) is 3.25. The van der Waals surface area contributed by atoms with Gasteiger partial charge in [-0.05, 0) is 36.1 Å². The number of likely N-dealkylation sites (N-methyl/N-ethyl adjacent to an activating group) is 1. The summed E-state index contributed by atoms with van der Waals surface area (Å²) in [4.78, 5) is 35.4. The number of hydrogen-bond donors (Lipinski definition) is 4. The SMILES string of the molecule is CCN1C(=O)CNCc2ccc(Nc3ncc(Cl)c(Nc4ccsc4C(=O)NC)n3)cc21. The lowest BCUT2D eigenvalue weighted by Gasteiger charge is -2.21. The van der Waals surface area contributed by atoms with Gasteiger partial charge in [0.1, 0.15) is 9.90 Å². The maximum atomic E-state index is 12.4. The molecule has 0 spiro atoms. The first-order chi connectivity index (χ1) is 15.5. The van der Waals surface area contributed by atoms with Crippen LogP contribution in [0, 0.1) is 0 Å². The van der Waals surface area contributed by atoms with Crippen LogP contribution in [0.15, 0.2) is 35.8 Å². The number of hydrogen-bond acceptors (Lipinski definition) is 8. The number of carbonyl (C=O) groups excluding carboxylic acids is 2. The summed E-state index contributed by atoms with van der Waals surface area (Å²) in [7, 11) is 1.58. The summed E-state index contributed by atoms with van der Waals surface area (Å²) in [5, 5.41) is 14.2. The summed E-state index contributed by atoms with van der Waals surface area (Å²) >= 11 is 7.60. The summed E-state index contributed by atoms with van der Waals surface area (Å²) in [6, 6.07) is 7.59. The van der Waals surface area contributed by atoms with Gasteiger partial charge in [-0.15, -0.1) is 11.3 Å². The van der Waals surface area contributed by atoms with Gasteiger partial charge in [-0.2, -0.15) is 4.98 Å². The Labute approximate surface area is 194 Å². The molecule has 1 aliphatic heterocycles. The number of nitrogens with one attached hydrogen (secondary N) is 4. The lowest BCUT2D eigenvalue weighted by Crippen LogP contribution is -2.35. The highest BCUT2D eigenvalue weighted by molar-refractivity contribution is 7.12. The number of anilines is 5. The normalized spacial score (nSPS) is 13.3. The Morgan fingerprint density at radius 3 is 2.91 bits per heavy atom. The van der Waals surface area contributed by atoms with Gasteiger partial charge in [-0.3, -0.25) is 9.59 Å². The molecule has 4 N–H and O–H groups in total. The van der Waals surface area contributed by atoms with E-state index in [1.807, 2.05) is 30.5 Å². The number of nitrogens with zero attached hydrogens (tertiary/aromatic N) is 3. The van der Waals surface area contributed by atoms with Gasteiger partial charge in [0.05, 0.1) is 24.1 Å². The second-order valence-electron chi connectivity index (χ2n) is 6.97. The minimum Gasteiger partial charge on any atom is -0.354 e. The molecule has 0 fully saturated rings. The predicted octanol–water partition coefficient (Wildman–Crippen LogP) is 3.49. The second-order valence-corrected chi connectivity index (χ2v) is 8.29. The molecule has 166 valence electrons. The van der Waals surface area contributed by atoms with Crippen molar-refractivity contribution in [3.63, 3.8) is 0 Å². The van der Waals surface area contributed by atoms with Crippen molar-refractivity contribution in [3.8, 4) is 0 Å². The smallest absolute Gasteiger partial charge is 0.263 e. The van der Waals surface area contributed by atoms with E-state index in [1.165, 1.54) is 17.5 Å². The number of carbonyl (C=O) groups is 2. The van der Waals surface area contributed by atoms with Crippen LogP contribution in [-0.2, 0) is 11.3 Å². The van der Waals surface area contributed by atoms with Crippen molar-refractivity contribution in [1.82, 2.24) is 20.6 Å². The minimum atomic E-state index is -0.194. The Hall–Kier alpha value is -3.21. The fourth-order valence-electron chi connectivity index (χ4n) is 3.39. The molecule has 2 amide bonds. The van der Waals surface area contributed by atoms with E-state index in [2.05, 4.69) is 31.2 Å². The van der Waals surface area contributed by atoms with Crippen molar-refractivity contribution < 1.29 is 9.59 Å². The lowest BCUT2D eigenvalue weighted by molar-refractivity contribution is -0.117. The first-order valence-corrected chi connectivity index (χ1v) is 11.3. The average molecular weight is 472 g/mol. The minimum absolute atomic E-state index is 0.0281. The van der Waals surface area contributed by atoms with E-state index in [1.54, 1.807) is 18.0 Å². The maximum Gasteiger partial charge on any atom is 0.263 e. The van der Waals surface area contributed by atoms with E-state index in [9.17, 15) is 9.59 Å². The molecule has 1 aliphatic rings. The van der Waals surface area contributed by atoms with Gasteiger partial charge in [-0.25, -0.2) is 4.98 Å². The van der Waals surface area contributed by atoms with E-state index >= 15 is 0 Å². The number of halogens is 1. The van der Waals surface area contributed by atoms with Crippen molar-refractivity contribution >= 4 is 63.6 Å². The van der Waals surface area contributed by atoms with Gasteiger partial charge >= 0.3 is 0 Å². The van der Waals surface area contributed by atoms with Crippen LogP contribution in [0.3, 0.4) is 0 Å². The maximum absolute atomic E-state index is 12.4. The molecule has 0 saturated carbocycles. The highest BCUT2D eigenvalue weighted by Gasteiger charge is 2.21. The standard InChI is InChI=1S/C21H22ClN7O2S/c1-3-29-16-8-13(5-4-12(16)9-24-11-17(29)30)26-21-25-10-14(22)19(28-21)27-15-6-7-32-18(15)20(31)23-2/h4-8,10,24H,3,9,11H2,1-2H3,(H,23,31)(H2,25,26,27,28). The van der Waals surface area contributed by atoms with Crippen LogP contribution in [0.4, 0.5) is 28.8 Å². The molecule has 0 saturated heterocycles. The Balaban J connectivity index is 1.59. The van der Waals surface area contributed by atoms with Crippen molar-refractivity contribution in [3.05, 3.63) is 51.3 Å². The number of amides is 2. The fourth-order valence-corrected chi connectivity index (χ4v) is 4.33.